The van der Waals surface area contributed by atoms with Gasteiger partial charge in [0.2, 0.25) is 0 Å². The normalized spacial score (nSPS) is 10.9. The van der Waals surface area contributed by atoms with Crippen LogP contribution in [0, 0.1) is 15.0 Å². The van der Waals surface area contributed by atoms with E-state index in [-0.39, 0.29) is 15.1 Å². The Balaban J connectivity index is 3.13. The molecule has 0 aromatic carbocycles. The van der Waals surface area contributed by atoms with E-state index in [4.69, 9.17) is 11.0 Å². The maximum absolute atomic E-state index is 11.9. The minimum Gasteiger partial charge on any atom is -0.403 e. The fraction of sp³-hybridized carbons (Fsp3) is 0.143. The molecule has 0 aliphatic carbocycles. The summed E-state index contributed by atoms with van der Waals surface area (Å²) >= 11 is 1.52. The van der Waals surface area contributed by atoms with Crippen LogP contribution >= 0.6 is 22.6 Å². The number of hydrogen-bond donors (Lipinski definition) is 1. The second kappa shape index (κ2) is 4.09. The lowest BCUT2D eigenvalue weighted by Gasteiger charge is -2.10. The van der Waals surface area contributed by atoms with Gasteiger partial charge in [-0.25, -0.2) is 4.98 Å². The summed E-state index contributed by atoms with van der Waals surface area (Å²) in [7, 11) is 0. The minimum absolute atomic E-state index is 0.0734. The predicted octanol–water partition coefficient (Wildman–Crippen LogP) is 2.04. The van der Waals surface area contributed by atoms with Gasteiger partial charge >= 0.3 is 6.36 Å². The van der Waals surface area contributed by atoms with E-state index in [0.29, 0.717) is 0 Å². The highest BCUT2D eigenvalue weighted by Gasteiger charge is 2.32. The SMILES string of the molecule is N#Cc1nc(I)c(OC(F)(F)F)cc1N. The molecule has 0 saturated carbocycles. The molecule has 0 bridgehead atoms. The molecule has 0 radical (unpaired) electrons. The van der Waals surface area contributed by atoms with Crippen molar-refractivity contribution in [2.45, 2.75) is 6.36 Å². The number of nitrogens with zero attached hydrogens (tertiary/aromatic N) is 2. The van der Waals surface area contributed by atoms with Gasteiger partial charge in [-0.05, 0) is 22.6 Å². The summed E-state index contributed by atoms with van der Waals surface area (Å²) in [4.78, 5) is 3.55. The molecule has 80 valence electrons. The topological polar surface area (TPSA) is 71.9 Å². The Bertz CT molecular complexity index is 427. The number of nitriles is 1. The molecule has 1 aromatic heterocycles. The Morgan fingerprint density at radius 2 is 2.13 bits per heavy atom. The summed E-state index contributed by atoms with van der Waals surface area (Å²) in [6, 6.07) is 2.57. The van der Waals surface area contributed by atoms with Crippen LogP contribution in [0.2, 0.25) is 0 Å². The van der Waals surface area contributed by atoms with Crippen LogP contribution in [0.4, 0.5) is 18.9 Å². The van der Waals surface area contributed by atoms with Gasteiger partial charge in [-0.2, -0.15) is 5.26 Å². The van der Waals surface area contributed by atoms with E-state index in [1.165, 1.54) is 22.6 Å². The number of aromatic nitrogens is 1. The molecule has 2 N–H and O–H groups in total. The zero-order valence-corrected chi connectivity index (χ0v) is 9.13. The van der Waals surface area contributed by atoms with Gasteiger partial charge in [0.25, 0.3) is 0 Å². The van der Waals surface area contributed by atoms with Crippen molar-refractivity contribution in [2.24, 2.45) is 0 Å². The predicted molar refractivity (Wildman–Crippen MR) is 52.8 cm³/mol. The standard InChI is InChI=1S/C7H3F3IN3O/c8-7(9,10)15-5-1-3(13)4(2-12)14-6(5)11/h1H,13H2. The molecular formula is C7H3F3IN3O. The van der Waals surface area contributed by atoms with Crippen LogP contribution in [-0.2, 0) is 0 Å². The van der Waals surface area contributed by atoms with Gasteiger partial charge in [-0.1, -0.05) is 0 Å². The third-order valence-electron chi connectivity index (χ3n) is 1.30. The molecule has 0 unspecified atom stereocenters. The second-order valence-electron chi connectivity index (χ2n) is 2.37. The number of hydrogen-bond acceptors (Lipinski definition) is 4. The monoisotopic (exact) mass is 329 g/mol. The second-order valence-corrected chi connectivity index (χ2v) is 3.40. The molecule has 4 nitrogen and oxygen atoms in total. The molecule has 1 heterocycles. The molecule has 0 amide bonds. The lowest BCUT2D eigenvalue weighted by Crippen LogP contribution is -2.18. The molecule has 0 fully saturated rings. The van der Waals surface area contributed by atoms with Crippen molar-refractivity contribution in [3.63, 3.8) is 0 Å². The highest BCUT2D eigenvalue weighted by atomic mass is 127. The van der Waals surface area contributed by atoms with Crippen LogP contribution < -0.4 is 10.5 Å². The summed E-state index contributed by atoms with van der Waals surface area (Å²) in [5, 5.41) is 8.51. The van der Waals surface area contributed by atoms with Gasteiger partial charge in [0.15, 0.2) is 11.4 Å². The number of anilines is 1. The van der Waals surface area contributed by atoms with E-state index in [1.807, 2.05) is 0 Å². The molecule has 0 aliphatic rings. The Morgan fingerprint density at radius 3 is 2.60 bits per heavy atom. The summed E-state index contributed by atoms with van der Waals surface area (Å²) < 4.78 is 39.2. The molecular weight excluding hydrogens is 326 g/mol. The van der Waals surface area contributed by atoms with E-state index >= 15 is 0 Å². The first-order valence-electron chi connectivity index (χ1n) is 3.45. The molecule has 1 aromatic rings. The molecule has 0 atom stereocenters. The molecule has 15 heavy (non-hydrogen) atoms. The van der Waals surface area contributed by atoms with Gasteiger partial charge in [-0.15, -0.1) is 13.2 Å². The number of ether oxygens (including phenoxy) is 1. The zero-order chi connectivity index (χ0) is 11.6. The molecule has 8 heteroatoms. The highest BCUT2D eigenvalue weighted by Crippen LogP contribution is 2.29. The van der Waals surface area contributed by atoms with Gasteiger partial charge in [0.1, 0.15) is 9.77 Å². The number of halogens is 4. The van der Waals surface area contributed by atoms with E-state index in [1.54, 1.807) is 6.07 Å². The van der Waals surface area contributed by atoms with Crippen molar-refractivity contribution >= 4 is 28.3 Å². The smallest absolute Gasteiger partial charge is 0.403 e. The molecule has 1 rings (SSSR count). The van der Waals surface area contributed by atoms with Crippen molar-refractivity contribution < 1.29 is 17.9 Å². The maximum atomic E-state index is 11.9. The van der Waals surface area contributed by atoms with Crippen LogP contribution in [0.5, 0.6) is 5.75 Å². The fourth-order valence-corrected chi connectivity index (χ4v) is 1.28. The number of pyridine rings is 1. The van der Waals surface area contributed by atoms with Crippen LogP contribution in [0.3, 0.4) is 0 Å². The van der Waals surface area contributed by atoms with Crippen LogP contribution in [0.15, 0.2) is 6.07 Å². The Labute approximate surface area is 96.0 Å². The summed E-state index contributed by atoms with van der Waals surface area (Å²) in [6.07, 6.45) is -4.80. The molecule has 0 aliphatic heterocycles. The third-order valence-corrected chi connectivity index (χ3v) is 2.08. The first-order chi connectivity index (χ1) is 6.83. The van der Waals surface area contributed by atoms with Crippen molar-refractivity contribution in [3.05, 3.63) is 15.5 Å². The largest absolute Gasteiger partial charge is 0.573 e. The van der Waals surface area contributed by atoms with Gasteiger partial charge in [-0.3, -0.25) is 0 Å². The number of alkyl halides is 3. The lowest BCUT2D eigenvalue weighted by atomic mass is 10.3. The average molecular weight is 329 g/mol. The van der Waals surface area contributed by atoms with Gasteiger partial charge in [0, 0.05) is 6.07 Å². The number of nitrogen functional groups attached to an aromatic ring is 1. The van der Waals surface area contributed by atoms with Crippen molar-refractivity contribution in [1.82, 2.24) is 4.98 Å². The minimum atomic E-state index is -4.80. The Morgan fingerprint density at radius 1 is 1.53 bits per heavy atom. The average Bonchev–Trinajstić information content (AvgIpc) is 2.08. The summed E-state index contributed by atoms with van der Waals surface area (Å²) in [5.41, 5.74) is 5.00. The van der Waals surface area contributed by atoms with Crippen molar-refractivity contribution in [3.8, 4) is 11.8 Å². The van der Waals surface area contributed by atoms with E-state index in [9.17, 15) is 13.2 Å². The van der Waals surface area contributed by atoms with Crippen molar-refractivity contribution in [1.29, 1.82) is 5.26 Å². The molecule has 0 spiro atoms. The lowest BCUT2D eigenvalue weighted by molar-refractivity contribution is -0.275. The number of nitrogens with two attached hydrogens (primary N) is 1. The van der Waals surface area contributed by atoms with E-state index in [2.05, 4.69) is 9.72 Å². The first-order valence-corrected chi connectivity index (χ1v) is 4.53. The third kappa shape index (κ3) is 3.12. The van der Waals surface area contributed by atoms with Gasteiger partial charge in [0.05, 0.1) is 5.69 Å². The first kappa shape index (κ1) is 11.8. The Kier molecular flexibility index (Phi) is 3.23. The highest BCUT2D eigenvalue weighted by molar-refractivity contribution is 14.1. The van der Waals surface area contributed by atoms with Crippen LogP contribution in [-0.4, -0.2) is 11.3 Å². The molecule has 0 saturated heterocycles. The number of rotatable bonds is 1. The summed E-state index contributed by atoms with van der Waals surface area (Å²) in [6.45, 7) is 0. The van der Waals surface area contributed by atoms with Crippen LogP contribution in [0.25, 0.3) is 0 Å². The van der Waals surface area contributed by atoms with E-state index < -0.39 is 12.1 Å². The van der Waals surface area contributed by atoms with Crippen molar-refractivity contribution in [2.75, 3.05) is 5.73 Å². The Hall–Kier alpha value is -1.24. The van der Waals surface area contributed by atoms with Crippen LogP contribution in [0.1, 0.15) is 5.69 Å². The summed E-state index contributed by atoms with van der Waals surface area (Å²) in [5.74, 6) is -0.514. The van der Waals surface area contributed by atoms with Gasteiger partial charge < -0.3 is 10.5 Å². The maximum Gasteiger partial charge on any atom is 0.573 e. The fourth-order valence-electron chi connectivity index (χ4n) is 0.773. The van der Waals surface area contributed by atoms with E-state index in [0.717, 1.165) is 6.07 Å². The quantitative estimate of drug-likeness (QED) is 0.632. The zero-order valence-electron chi connectivity index (χ0n) is 6.97.